The van der Waals surface area contributed by atoms with Gasteiger partial charge in [-0.05, 0) is 47.0 Å². The number of aliphatic hydroxyl groups excluding tert-OH is 1. The van der Waals surface area contributed by atoms with Gasteiger partial charge in [0.25, 0.3) is 0 Å². The summed E-state index contributed by atoms with van der Waals surface area (Å²) in [5.74, 6) is 0.132. The average Bonchev–Trinajstić information content (AvgIpc) is 2.09. The summed E-state index contributed by atoms with van der Waals surface area (Å²) in [7, 11) is 0. The molecule has 1 aromatic rings. The van der Waals surface area contributed by atoms with E-state index in [1.807, 2.05) is 19.1 Å². The Balaban J connectivity index is 3.25. The lowest BCUT2D eigenvalue weighted by atomic mass is 10.0. The molecule has 1 rings (SSSR count). The SMILES string of the molecule is CCc1cc(Br)c(O)c(C(C)O)c1. The molecule has 0 aliphatic heterocycles. The molecule has 1 aromatic carbocycles. The van der Waals surface area contributed by atoms with Gasteiger partial charge in [-0.25, -0.2) is 0 Å². The first-order chi connectivity index (χ1) is 6.06. The monoisotopic (exact) mass is 244 g/mol. The first-order valence-electron chi connectivity index (χ1n) is 4.25. The van der Waals surface area contributed by atoms with Crippen molar-refractivity contribution in [2.75, 3.05) is 0 Å². The highest BCUT2D eigenvalue weighted by molar-refractivity contribution is 9.10. The van der Waals surface area contributed by atoms with Gasteiger partial charge >= 0.3 is 0 Å². The van der Waals surface area contributed by atoms with Crippen molar-refractivity contribution in [3.8, 4) is 5.75 Å². The first-order valence-corrected chi connectivity index (χ1v) is 5.05. The van der Waals surface area contributed by atoms with Crippen LogP contribution in [-0.4, -0.2) is 10.2 Å². The van der Waals surface area contributed by atoms with Gasteiger partial charge in [0.05, 0.1) is 10.6 Å². The Morgan fingerprint density at radius 2 is 2.08 bits per heavy atom. The van der Waals surface area contributed by atoms with Crippen molar-refractivity contribution in [2.45, 2.75) is 26.4 Å². The summed E-state index contributed by atoms with van der Waals surface area (Å²) in [4.78, 5) is 0. The van der Waals surface area contributed by atoms with E-state index in [2.05, 4.69) is 15.9 Å². The fourth-order valence-corrected chi connectivity index (χ4v) is 1.72. The highest BCUT2D eigenvalue weighted by Crippen LogP contribution is 2.33. The van der Waals surface area contributed by atoms with E-state index in [1.165, 1.54) is 0 Å². The quantitative estimate of drug-likeness (QED) is 0.841. The number of phenols is 1. The Morgan fingerprint density at radius 1 is 1.46 bits per heavy atom. The van der Waals surface area contributed by atoms with Crippen molar-refractivity contribution in [3.05, 3.63) is 27.7 Å². The van der Waals surface area contributed by atoms with Crippen LogP contribution in [0.15, 0.2) is 16.6 Å². The third kappa shape index (κ3) is 2.23. The topological polar surface area (TPSA) is 40.5 Å². The molecule has 0 saturated carbocycles. The fraction of sp³-hybridized carbons (Fsp3) is 0.400. The molecular weight excluding hydrogens is 232 g/mol. The van der Waals surface area contributed by atoms with Crippen LogP contribution in [0.5, 0.6) is 5.75 Å². The summed E-state index contributed by atoms with van der Waals surface area (Å²) in [6, 6.07) is 3.69. The van der Waals surface area contributed by atoms with Gasteiger partial charge in [-0.1, -0.05) is 6.92 Å². The van der Waals surface area contributed by atoms with Gasteiger partial charge in [-0.3, -0.25) is 0 Å². The van der Waals surface area contributed by atoms with Crippen molar-refractivity contribution < 1.29 is 10.2 Å². The second-order valence-electron chi connectivity index (χ2n) is 3.05. The molecule has 0 aliphatic carbocycles. The minimum Gasteiger partial charge on any atom is -0.506 e. The smallest absolute Gasteiger partial charge is 0.135 e. The molecule has 0 aliphatic rings. The molecule has 1 unspecified atom stereocenters. The number of benzene rings is 1. The molecule has 2 N–H and O–H groups in total. The van der Waals surface area contributed by atoms with E-state index in [4.69, 9.17) is 0 Å². The van der Waals surface area contributed by atoms with E-state index in [-0.39, 0.29) is 5.75 Å². The summed E-state index contributed by atoms with van der Waals surface area (Å²) < 4.78 is 0.641. The number of rotatable bonds is 2. The van der Waals surface area contributed by atoms with Crippen LogP contribution in [0.2, 0.25) is 0 Å². The second kappa shape index (κ2) is 4.11. The molecule has 3 heteroatoms. The van der Waals surface area contributed by atoms with Crippen LogP contribution in [-0.2, 0) is 6.42 Å². The van der Waals surface area contributed by atoms with Gasteiger partial charge in [0.2, 0.25) is 0 Å². The van der Waals surface area contributed by atoms with Gasteiger partial charge in [0.1, 0.15) is 5.75 Å². The van der Waals surface area contributed by atoms with Gasteiger partial charge in [-0.2, -0.15) is 0 Å². The van der Waals surface area contributed by atoms with E-state index < -0.39 is 6.10 Å². The van der Waals surface area contributed by atoms with Crippen LogP contribution in [0.1, 0.15) is 31.1 Å². The van der Waals surface area contributed by atoms with Crippen LogP contribution in [0.3, 0.4) is 0 Å². The van der Waals surface area contributed by atoms with Crippen molar-refractivity contribution in [3.63, 3.8) is 0 Å². The van der Waals surface area contributed by atoms with Gasteiger partial charge < -0.3 is 10.2 Å². The van der Waals surface area contributed by atoms with Gasteiger partial charge in [-0.15, -0.1) is 0 Å². The summed E-state index contributed by atoms with van der Waals surface area (Å²) in [5, 5.41) is 18.9. The molecule has 0 fully saturated rings. The molecular formula is C10H13BrO2. The third-order valence-corrected chi connectivity index (χ3v) is 2.62. The highest BCUT2D eigenvalue weighted by Gasteiger charge is 2.11. The van der Waals surface area contributed by atoms with Crippen LogP contribution in [0.4, 0.5) is 0 Å². The summed E-state index contributed by atoms with van der Waals surface area (Å²) in [5.41, 5.74) is 1.67. The zero-order valence-corrected chi connectivity index (χ0v) is 9.30. The summed E-state index contributed by atoms with van der Waals surface area (Å²) in [6.45, 7) is 3.67. The average molecular weight is 245 g/mol. The van der Waals surface area contributed by atoms with Crippen molar-refractivity contribution >= 4 is 15.9 Å². The molecule has 0 aromatic heterocycles. The molecule has 0 radical (unpaired) electrons. The maximum absolute atomic E-state index is 9.58. The largest absolute Gasteiger partial charge is 0.506 e. The number of aromatic hydroxyl groups is 1. The Labute approximate surface area is 86.3 Å². The molecule has 0 spiro atoms. The third-order valence-electron chi connectivity index (χ3n) is 2.01. The van der Waals surface area contributed by atoms with Gasteiger partial charge in [0, 0.05) is 5.56 Å². The zero-order valence-electron chi connectivity index (χ0n) is 7.71. The minimum atomic E-state index is -0.636. The summed E-state index contributed by atoms with van der Waals surface area (Å²) in [6.07, 6.45) is 0.251. The van der Waals surface area contributed by atoms with E-state index in [0.717, 1.165) is 12.0 Å². The normalized spacial score (nSPS) is 12.9. The number of hydrogen-bond donors (Lipinski definition) is 2. The van der Waals surface area contributed by atoms with Crippen LogP contribution < -0.4 is 0 Å². The maximum atomic E-state index is 9.58. The molecule has 72 valence electrons. The molecule has 2 nitrogen and oxygen atoms in total. The first kappa shape index (κ1) is 10.5. The standard InChI is InChI=1S/C10H13BrO2/c1-3-7-4-8(6(2)12)10(13)9(11)5-7/h4-6,12-13H,3H2,1-2H3. The van der Waals surface area contributed by atoms with E-state index in [1.54, 1.807) is 6.92 Å². The Kier molecular flexibility index (Phi) is 3.33. The molecule has 0 bridgehead atoms. The van der Waals surface area contributed by atoms with Crippen molar-refractivity contribution in [1.82, 2.24) is 0 Å². The summed E-state index contributed by atoms with van der Waals surface area (Å²) >= 11 is 3.24. The lowest BCUT2D eigenvalue weighted by Gasteiger charge is -2.10. The maximum Gasteiger partial charge on any atom is 0.135 e. The zero-order chi connectivity index (χ0) is 10.0. The lowest BCUT2D eigenvalue weighted by Crippen LogP contribution is -1.94. The molecule has 13 heavy (non-hydrogen) atoms. The van der Waals surface area contributed by atoms with E-state index >= 15 is 0 Å². The number of phenolic OH excluding ortho intramolecular Hbond substituents is 1. The van der Waals surface area contributed by atoms with Crippen LogP contribution in [0, 0.1) is 0 Å². The highest BCUT2D eigenvalue weighted by atomic mass is 79.9. The lowest BCUT2D eigenvalue weighted by molar-refractivity contribution is 0.194. The van der Waals surface area contributed by atoms with Crippen LogP contribution in [0.25, 0.3) is 0 Å². The number of hydrogen-bond acceptors (Lipinski definition) is 2. The Morgan fingerprint density at radius 3 is 2.54 bits per heavy atom. The second-order valence-corrected chi connectivity index (χ2v) is 3.90. The predicted molar refractivity (Wildman–Crippen MR) is 55.8 cm³/mol. The molecule has 0 saturated heterocycles. The number of aryl methyl sites for hydroxylation is 1. The fourth-order valence-electron chi connectivity index (χ4n) is 1.20. The van der Waals surface area contributed by atoms with E-state index in [9.17, 15) is 10.2 Å². The number of aliphatic hydroxyl groups is 1. The molecule has 1 atom stereocenters. The Bertz CT molecular complexity index is 308. The molecule has 0 heterocycles. The Hall–Kier alpha value is -0.540. The van der Waals surface area contributed by atoms with E-state index in [0.29, 0.717) is 10.0 Å². The van der Waals surface area contributed by atoms with Crippen LogP contribution >= 0.6 is 15.9 Å². The number of halogens is 1. The van der Waals surface area contributed by atoms with Gasteiger partial charge in [0.15, 0.2) is 0 Å². The predicted octanol–water partition coefficient (Wildman–Crippen LogP) is 2.77. The van der Waals surface area contributed by atoms with Crippen molar-refractivity contribution in [2.24, 2.45) is 0 Å². The van der Waals surface area contributed by atoms with Crippen molar-refractivity contribution in [1.29, 1.82) is 0 Å². The minimum absolute atomic E-state index is 0.132. The molecule has 0 amide bonds.